The van der Waals surface area contributed by atoms with Crippen molar-refractivity contribution in [2.45, 2.75) is 46.2 Å². The van der Waals surface area contributed by atoms with Crippen molar-refractivity contribution >= 4 is 15.2 Å². The molecule has 0 radical (unpaired) electrons. The number of nitriles is 1. The van der Waals surface area contributed by atoms with E-state index in [1.54, 1.807) is 0 Å². The van der Waals surface area contributed by atoms with E-state index in [-0.39, 0.29) is 6.73 Å². The standard InChI is InChI=1S/C11H22N3O2P/c1-10(2)14(11(3)4)17(16-9-13-5)15-8-6-7-12/h10-11H,5-6,8-9H2,1-4H3. The second-order valence-corrected chi connectivity index (χ2v) is 5.48. The monoisotopic (exact) mass is 259 g/mol. The number of hydrogen-bond donors (Lipinski definition) is 0. The first-order valence-corrected chi connectivity index (χ1v) is 6.81. The van der Waals surface area contributed by atoms with Gasteiger partial charge in [0.1, 0.15) is 6.73 Å². The summed E-state index contributed by atoms with van der Waals surface area (Å²) in [6, 6.07) is 2.68. The fourth-order valence-electron chi connectivity index (χ4n) is 1.40. The quantitative estimate of drug-likeness (QED) is 0.363. The second kappa shape index (κ2) is 9.49. The van der Waals surface area contributed by atoms with Crippen LogP contribution in [-0.2, 0) is 9.05 Å². The van der Waals surface area contributed by atoms with Crippen molar-refractivity contribution in [1.82, 2.24) is 4.67 Å². The molecule has 0 bridgehead atoms. The van der Waals surface area contributed by atoms with Crippen LogP contribution in [0.15, 0.2) is 4.99 Å². The van der Waals surface area contributed by atoms with Gasteiger partial charge in [0.15, 0.2) is 0 Å². The maximum absolute atomic E-state index is 8.51. The van der Waals surface area contributed by atoms with Gasteiger partial charge in [0.2, 0.25) is 0 Å². The molecule has 0 rings (SSSR count). The Morgan fingerprint density at radius 1 is 1.29 bits per heavy atom. The highest BCUT2D eigenvalue weighted by molar-refractivity contribution is 7.44. The summed E-state index contributed by atoms with van der Waals surface area (Å²) in [6.07, 6.45) is 0.369. The summed E-state index contributed by atoms with van der Waals surface area (Å²) in [7, 11) is -1.17. The minimum absolute atomic E-state index is 0.216. The molecule has 0 aliphatic heterocycles. The molecular formula is C11H22N3O2P. The van der Waals surface area contributed by atoms with Gasteiger partial charge in [-0.25, -0.2) is 4.67 Å². The third-order valence-corrected chi connectivity index (χ3v) is 3.96. The molecular weight excluding hydrogens is 237 g/mol. The van der Waals surface area contributed by atoms with Crippen molar-refractivity contribution in [2.24, 2.45) is 4.99 Å². The summed E-state index contributed by atoms with van der Waals surface area (Å²) in [6.45, 7) is 12.4. The van der Waals surface area contributed by atoms with Gasteiger partial charge >= 0.3 is 0 Å². The van der Waals surface area contributed by atoms with E-state index in [1.807, 2.05) is 0 Å². The van der Waals surface area contributed by atoms with E-state index in [0.29, 0.717) is 25.1 Å². The molecule has 0 saturated carbocycles. The lowest BCUT2D eigenvalue weighted by Gasteiger charge is -2.35. The van der Waals surface area contributed by atoms with E-state index in [2.05, 4.69) is 50.1 Å². The highest BCUT2D eigenvalue weighted by Gasteiger charge is 2.26. The van der Waals surface area contributed by atoms with E-state index in [4.69, 9.17) is 14.3 Å². The molecule has 98 valence electrons. The smallest absolute Gasteiger partial charge is 0.261 e. The van der Waals surface area contributed by atoms with E-state index < -0.39 is 8.53 Å². The Morgan fingerprint density at radius 3 is 2.29 bits per heavy atom. The highest BCUT2D eigenvalue weighted by Crippen LogP contribution is 2.45. The van der Waals surface area contributed by atoms with Gasteiger partial charge in [0, 0.05) is 12.1 Å². The van der Waals surface area contributed by atoms with Crippen LogP contribution in [0.2, 0.25) is 0 Å². The Hall–Kier alpha value is -0.530. The van der Waals surface area contributed by atoms with Gasteiger partial charge in [0.05, 0.1) is 19.1 Å². The van der Waals surface area contributed by atoms with Crippen LogP contribution in [0, 0.1) is 11.3 Å². The molecule has 0 saturated heterocycles. The lowest BCUT2D eigenvalue weighted by Crippen LogP contribution is -2.33. The SMILES string of the molecule is C=NCOP(OCCC#N)N(C(C)C)C(C)C. The van der Waals surface area contributed by atoms with Crippen molar-refractivity contribution in [3.05, 3.63) is 0 Å². The normalized spacial score (nSPS) is 13.1. The van der Waals surface area contributed by atoms with Crippen LogP contribution in [0.4, 0.5) is 0 Å². The van der Waals surface area contributed by atoms with Crippen molar-refractivity contribution < 1.29 is 9.05 Å². The number of nitrogens with zero attached hydrogens (tertiary/aromatic N) is 3. The van der Waals surface area contributed by atoms with Gasteiger partial charge < -0.3 is 4.52 Å². The third-order valence-electron chi connectivity index (χ3n) is 1.92. The second-order valence-electron chi connectivity index (χ2n) is 4.03. The number of hydrogen-bond acceptors (Lipinski definition) is 5. The van der Waals surface area contributed by atoms with Crippen molar-refractivity contribution in [1.29, 1.82) is 5.26 Å². The summed E-state index contributed by atoms with van der Waals surface area (Å²) >= 11 is 0. The van der Waals surface area contributed by atoms with Crippen molar-refractivity contribution in [3.63, 3.8) is 0 Å². The molecule has 0 spiro atoms. The van der Waals surface area contributed by atoms with Crippen molar-refractivity contribution in [3.8, 4) is 6.07 Å². The first kappa shape index (κ1) is 16.5. The van der Waals surface area contributed by atoms with Gasteiger partial charge in [-0.1, -0.05) is 0 Å². The molecule has 0 aromatic rings. The number of rotatable bonds is 9. The molecule has 1 atom stereocenters. The van der Waals surface area contributed by atoms with Crippen LogP contribution in [0.3, 0.4) is 0 Å². The lowest BCUT2D eigenvalue weighted by atomic mass is 10.3. The van der Waals surface area contributed by atoms with E-state index in [9.17, 15) is 0 Å². The third kappa shape index (κ3) is 6.70. The molecule has 0 aliphatic carbocycles. The summed E-state index contributed by atoms with van der Waals surface area (Å²) in [4.78, 5) is 3.68. The number of aliphatic imine (C=N–C) groups is 1. The average Bonchev–Trinajstić information content (AvgIpc) is 2.24. The molecule has 0 N–H and O–H groups in total. The molecule has 1 unspecified atom stereocenters. The molecule has 5 nitrogen and oxygen atoms in total. The van der Waals surface area contributed by atoms with Gasteiger partial charge in [-0.3, -0.25) is 9.52 Å². The van der Waals surface area contributed by atoms with Crippen LogP contribution in [0.1, 0.15) is 34.1 Å². The molecule has 0 aromatic carbocycles. The highest BCUT2D eigenvalue weighted by atomic mass is 31.2. The Labute approximate surface area is 105 Å². The molecule has 6 heteroatoms. The van der Waals surface area contributed by atoms with Gasteiger partial charge in [-0.05, 0) is 34.4 Å². The zero-order valence-electron chi connectivity index (χ0n) is 11.1. The first-order chi connectivity index (χ1) is 8.04. The topological polar surface area (TPSA) is 57.9 Å². The summed E-state index contributed by atoms with van der Waals surface area (Å²) in [5.74, 6) is 0. The Kier molecular flexibility index (Phi) is 9.20. The van der Waals surface area contributed by atoms with E-state index >= 15 is 0 Å². The zero-order chi connectivity index (χ0) is 13.3. The van der Waals surface area contributed by atoms with Crippen LogP contribution in [-0.4, -0.2) is 36.8 Å². The fourth-order valence-corrected chi connectivity index (χ4v) is 2.93. The fraction of sp³-hybridized carbons (Fsp3) is 0.818. The van der Waals surface area contributed by atoms with Gasteiger partial charge in [-0.15, -0.1) is 0 Å². The maximum Gasteiger partial charge on any atom is 0.261 e. The largest absolute Gasteiger partial charge is 0.321 e. The van der Waals surface area contributed by atoms with Crippen LogP contribution < -0.4 is 0 Å². The first-order valence-electron chi connectivity index (χ1n) is 5.68. The minimum Gasteiger partial charge on any atom is -0.321 e. The Bertz CT molecular complexity index is 246. The Balaban J connectivity index is 4.49. The van der Waals surface area contributed by atoms with Crippen molar-refractivity contribution in [2.75, 3.05) is 13.3 Å². The van der Waals surface area contributed by atoms with E-state index in [0.717, 1.165) is 0 Å². The van der Waals surface area contributed by atoms with E-state index in [1.165, 1.54) is 0 Å². The molecule has 0 heterocycles. The zero-order valence-corrected chi connectivity index (χ0v) is 12.0. The molecule has 0 fully saturated rings. The lowest BCUT2D eigenvalue weighted by molar-refractivity contribution is 0.180. The van der Waals surface area contributed by atoms with Crippen LogP contribution in [0.25, 0.3) is 0 Å². The molecule has 17 heavy (non-hydrogen) atoms. The predicted molar refractivity (Wildman–Crippen MR) is 70.7 cm³/mol. The molecule has 0 aromatic heterocycles. The van der Waals surface area contributed by atoms with Gasteiger partial charge in [-0.2, -0.15) is 5.26 Å². The average molecular weight is 259 g/mol. The molecule has 0 amide bonds. The maximum atomic E-state index is 8.51. The Morgan fingerprint density at radius 2 is 1.88 bits per heavy atom. The van der Waals surface area contributed by atoms with Gasteiger partial charge in [0.25, 0.3) is 8.53 Å². The van der Waals surface area contributed by atoms with Crippen LogP contribution in [0.5, 0.6) is 0 Å². The summed E-state index contributed by atoms with van der Waals surface area (Å²) in [5, 5.41) is 8.51. The minimum atomic E-state index is -1.17. The summed E-state index contributed by atoms with van der Waals surface area (Å²) in [5.41, 5.74) is 0. The summed E-state index contributed by atoms with van der Waals surface area (Å²) < 4.78 is 13.3. The van der Waals surface area contributed by atoms with Crippen LogP contribution >= 0.6 is 8.53 Å². The molecule has 0 aliphatic rings. The predicted octanol–water partition coefficient (Wildman–Crippen LogP) is 2.94.